The summed E-state index contributed by atoms with van der Waals surface area (Å²) in [5, 5.41) is 36.3. The van der Waals surface area contributed by atoms with Crippen molar-refractivity contribution in [3.05, 3.63) is 211 Å². The first kappa shape index (κ1) is 80.3. The van der Waals surface area contributed by atoms with Crippen LogP contribution in [0, 0.1) is 53.3 Å². The molecule has 0 unspecified atom stereocenters. The first-order chi connectivity index (χ1) is 55.4. The van der Waals surface area contributed by atoms with E-state index in [2.05, 4.69) is 87.6 Å². The van der Waals surface area contributed by atoms with Crippen LogP contribution < -0.4 is 28.9 Å². The number of allylic oxidation sites excluding steroid dienone is 3. The number of fused-ring (bicyclic) bond motifs is 9. The van der Waals surface area contributed by atoms with Gasteiger partial charge in [-0.2, -0.15) is 0 Å². The summed E-state index contributed by atoms with van der Waals surface area (Å²) in [6, 6.07) is 35.9. The fourth-order valence-electron chi connectivity index (χ4n) is 22.1. The third-order valence-electron chi connectivity index (χ3n) is 28.7. The topological polar surface area (TPSA) is 177 Å². The Kier molecular flexibility index (Phi) is 24.6. The lowest BCUT2D eigenvalue weighted by atomic mass is 9.66. The van der Waals surface area contributed by atoms with Gasteiger partial charge in [0.15, 0.2) is 0 Å². The van der Waals surface area contributed by atoms with Crippen molar-refractivity contribution in [2.24, 2.45) is 53.3 Å². The largest absolute Gasteiger partial charge is 0.490 e. The lowest BCUT2D eigenvalue weighted by Gasteiger charge is -2.46. The van der Waals surface area contributed by atoms with Crippen molar-refractivity contribution >= 4 is 69.8 Å². The number of methoxy groups -OCH3 is 3. The molecule has 3 spiro atoms. The fraction of sp³-hybridized carbons (Fsp3) is 0.531. The predicted molar refractivity (Wildman–Crippen MR) is 451 cm³/mol. The number of aliphatic hydroxyl groups excluding tert-OH is 3. The highest BCUT2D eigenvalue weighted by molar-refractivity contribution is 6.31. The molecule has 18 heteroatoms. The molecule has 3 fully saturated rings. The van der Waals surface area contributed by atoms with Crippen LogP contribution in [0.2, 0.25) is 15.1 Å². The van der Waals surface area contributed by atoms with Gasteiger partial charge in [0.2, 0.25) is 0 Å². The van der Waals surface area contributed by atoms with E-state index in [1.165, 1.54) is 54.7 Å². The van der Waals surface area contributed by atoms with Crippen LogP contribution in [0.5, 0.6) is 17.2 Å². The van der Waals surface area contributed by atoms with Crippen molar-refractivity contribution in [3.8, 4) is 17.2 Å². The van der Waals surface area contributed by atoms with Crippen LogP contribution in [-0.2, 0) is 49.7 Å². The number of halogens is 3. The molecule has 0 amide bonds. The molecule has 6 aromatic rings. The first-order valence-electron chi connectivity index (χ1n) is 42.6. The van der Waals surface area contributed by atoms with E-state index in [-0.39, 0.29) is 70.2 Å². The minimum Gasteiger partial charge on any atom is -0.490 e. The predicted octanol–water partition coefficient (Wildman–Crippen LogP) is 19.0. The maximum atomic E-state index is 12.5. The molecule has 12 aliphatic rings. The number of esters is 3. The van der Waals surface area contributed by atoms with Gasteiger partial charge in [0.05, 0.1) is 93.2 Å². The summed E-state index contributed by atoms with van der Waals surface area (Å²) >= 11 is 19.2. The molecule has 606 valence electrons. The Balaban J connectivity index is 0.000000129. The Labute approximate surface area is 688 Å². The minimum absolute atomic E-state index is 0.160. The molecule has 9 aliphatic carbocycles. The summed E-state index contributed by atoms with van der Waals surface area (Å²) in [4.78, 5) is 44.7. The molecule has 15 atom stereocenters. The molecule has 0 radical (unpaired) electrons. The van der Waals surface area contributed by atoms with E-state index in [0.717, 1.165) is 243 Å². The van der Waals surface area contributed by atoms with Gasteiger partial charge in [-0.3, -0.25) is 0 Å². The van der Waals surface area contributed by atoms with E-state index in [1.807, 2.05) is 54.6 Å². The fourth-order valence-corrected chi connectivity index (χ4v) is 22.6. The van der Waals surface area contributed by atoms with Crippen LogP contribution in [0.4, 0.5) is 17.1 Å². The molecule has 0 saturated heterocycles. The Morgan fingerprint density at radius 3 is 0.956 bits per heavy atom. The van der Waals surface area contributed by atoms with E-state index in [4.69, 9.17) is 63.2 Å². The zero-order valence-corrected chi connectivity index (χ0v) is 68.9. The van der Waals surface area contributed by atoms with E-state index in [1.54, 1.807) is 18.2 Å². The number of rotatable bonds is 15. The first-order valence-corrected chi connectivity index (χ1v) is 43.8. The molecular weight excluding hydrogens is 1490 g/mol. The molecule has 3 saturated carbocycles. The van der Waals surface area contributed by atoms with E-state index >= 15 is 0 Å². The maximum absolute atomic E-state index is 12.5. The highest BCUT2D eigenvalue weighted by atomic mass is 35.5. The average Bonchev–Trinajstić information content (AvgIpc) is 1.54. The molecule has 6 aromatic carbocycles. The Bertz CT molecular complexity index is 4130. The van der Waals surface area contributed by atoms with Gasteiger partial charge in [-0.05, 0) is 314 Å². The number of hydrogen-bond acceptors (Lipinski definition) is 15. The van der Waals surface area contributed by atoms with Crippen molar-refractivity contribution in [1.82, 2.24) is 0 Å². The number of aliphatic hydroxyl groups is 3. The third-order valence-corrected chi connectivity index (χ3v) is 29.4. The molecule has 114 heavy (non-hydrogen) atoms. The van der Waals surface area contributed by atoms with Crippen molar-refractivity contribution in [2.45, 2.75) is 189 Å². The molecule has 3 aliphatic heterocycles. The number of carbonyl (C=O) groups is 3. The summed E-state index contributed by atoms with van der Waals surface area (Å²) in [6.07, 6.45) is 38.7. The molecule has 18 rings (SSSR count). The van der Waals surface area contributed by atoms with Gasteiger partial charge in [-0.15, -0.1) is 0 Å². The monoisotopic (exact) mass is 1610 g/mol. The van der Waals surface area contributed by atoms with E-state index < -0.39 is 0 Å². The van der Waals surface area contributed by atoms with Crippen LogP contribution in [0.15, 0.2) is 146 Å². The SMILES string of the molecule is COC(=O)c1ccc2c(c1)N(C[C@@H]1CC[C@H]1[C@@H](O)[C@@H]1C=CCCC1)C[C@@]1(CCCc3cc(Cl)ccc31)CO2.COC(=O)c1ccc2c(c1)N(C[C@@H]1CC[C@H]1[C@@H](O)[C@H]1C=CCCC1)C[C@@]1(CCCc3cc(Cl)ccc31)CO2.COC(=O)c1ccc2c(c1)N(C[C@@H]1CC[C@H]1[C@H](O)[C@@H]1C=CCCC1)C[C@@]1(CCCc3cc(Cl)ccc31)CO2. The quantitative estimate of drug-likeness (QED) is 0.0502. The summed E-state index contributed by atoms with van der Waals surface area (Å²) < 4.78 is 34.8. The number of benzene rings is 6. The zero-order chi connectivity index (χ0) is 78.8. The smallest absolute Gasteiger partial charge is 0.337 e. The normalized spacial score (nSPS) is 28.9. The second kappa shape index (κ2) is 35.0. The average molecular weight is 1610 g/mol. The van der Waals surface area contributed by atoms with E-state index in [9.17, 15) is 29.7 Å². The number of nitrogens with zero attached hydrogens (tertiary/aromatic N) is 3. The molecule has 0 aromatic heterocycles. The van der Waals surface area contributed by atoms with Crippen molar-refractivity contribution in [3.63, 3.8) is 0 Å². The number of carbonyl (C=O) groups excluding carboxylic acids is 3. The van der Waals surface area contributed by atoms with Crippen molar-refractivity contribution < 1.29 is 58.1 Å². The Morgan fingerprint density at radius 1 is 0.404 bits per heavy atom. The van der Waals surface area contributed by atoms with Gasteiger partial charge in [-0.25, -0.2) is 14.4 Å². The zero-order valence-electron chi connectivity index (χ0n) is 66.6. The van der Waals surface area contributed by atoms with Crippen molar-refractivity contribution in [2.75, 3.05) is 95.1 Å². The number of aryl methyl sites for hydroxylation is 3. The number of ether oxygens (including phenoxy) is 6. The highest BCUT2D eigenvalue weighted by Crippen LogP contribution is 2.53. The third kappa shape index (κ3) is 16.6. The van der Waals surface area contributed by atoms with Crippen LogP contribution >= 0.6 is 34.8 Å². The Hall–Kier alpha value is -7.50. The summed E-state index contributed by atoms with van der Waals surface area (Å²) in [5.74, 6) is 4.30. The molecule has 15 nitrogen and oxygen atoms in total. The van der Waals surface area contributed by atoms with Crippen LogP contribution in [0.25, 0.3) is 0 Å². The van der Waals surface area contributed by atoms with Crippen LogP contribution in [0.1, 0.15) is 199 Å². The molecule has 3 heterocycles. The van der Waals surface area contributed by atoms with E-state index in [0.29, 0.717) is 72.0 Å². The minimum atomic E-state index is -0.342. The number of anilines is 3. The summed E-state index contributed by atoms with van der Waals surface area (Å²) in [6.45, 7) is 6.70. The second-order valence-electron chi connectivity index (χ2n) is 35.4. The standard InChI is InChI=1S/3C32H38ClNO4/c3*1-37-31(36)23-10-14-29-28(17-23)34(18-24-9-12-26(24)30(35)21-6-3-2-4-7-21)19-32(20-38-29)15-5-8-22-16-25(33)11-13-27(22)32/h3*3,6,10-11,13-14,16-17,21,24,26,30,35H,2,4-5,7-9,12,15,18-20H2,1H3/t21-,24+,26-,30+,32+;21-,24+,26-,30-,32+;21-,24-,26+,30-,32-/m110/s1. The van der Waals surface area contributed by atoms with Gasteiger partial charge < -0.3 is 58.4 Å². The maximum Gasteiger partial charge on any atom is 0.337 e. The summed E-state index contributed by atoms with van der Waals surface area (Å²) in [7, 11) is 4.25. The van der Waals surface area contributed by atoms with Gasteiger partial charge in [-0.1, -0.05) is 89.5 Å². The van der Waals surface area contributed by atoms with Gasteiger partial charge in [0, 0.05) is 88.3 Å². The van der Waals surface area contributed by atoms with Gasteiger partial charge >= 0.3 is 17.9 Å². The van der Waals surface area contributed by atoms with Crippen LogP contribution in [-0.4, -0.2) is 132 Å². The van der Waals surface area contributed by atoms with Crippen molar-refractivity contribution in [1.29, 1.82) is 0 Å². The molecule has 3 N–H and O–H groups in total. The van der Waals surface area contributed by atoms with Gasteiger partial charge in [0.1, 0.15) is 17.2 Å². The highest BCUT2D eigenvalue weighted by Gasteiger charge is 2.50. The number of hydrogen-bond donors (Lipinski definition) is 3. The lowest BCUT2D eigenvalue weighted by Crippen LogP contribution is -2.50. The molecule has 0 bridgehead atoms. The lowest BCUT2D eigenvalue weighted by molar-refractivity contribution is -0.0133. The van der Waals surface area contributed by atoms with Crippen LogP contribution in [0.3, 0.4) is 0 Å². The Morgan fingerprint density at radius 2 is 0.702 bits per heavy atom. The summed E-state index contributed by atoms with van der Waals surface area (Å²) in [5.41, 5.74) is 11.9. The van der Waals surface area contributed by atoms with Gasteiger partial charge in [0.25, 0.3) is 0 Å². The molecular formula is C96H114Cl3N3O12. The second-order valence-corrected chi connectivity index (χ2v) is 36.7.